The summed E-state index contributed by atoms with van der Waals surface area (Å²) in [5.41, 5.74) is 1.17. The van der Waals surface area contributed by atoms with Crippen LogP contribution in [0.4, 0.5) is 0 Å². The molecule has 2 aromatic rings. The molecule has 1 aromatic heterocycles. The predicted octanol–water partition coefficient (Wildman–Crippen LogP) is 2.64. The Morgan fingerprint density at radius 1 is 1.45 bits per heavy atom. The van der Waals surface area contributed by atoms with E-state index in [2.05, 4.69) is 55.3 Å². The molecule has 0 amide bonds. The molecule has 22 heavy (non-hydrogen) atoms. The molecular weight excluding hydrogens is 368 g/mol. The van der Waals surface area contributed by atoms with E-state index < -0.39 is 0 Å². The molecule has 5 nitrogen and oxygen atoms in total. The molecule has 1 atom stereocenters. The smallest absolute Gasteiger partial charge is 0.240 e. The van der Waals surface area contributed by atoms with Crippen molar-refractivity contribution < 1.29 is 4.52 Å². The lowest BCUT2D eigenvalue weighted by atomic mass is 10.1. The Balaban J connectivity index is 0.00000176. The summed E-state index contributed by atoms with van der Waals surface area (Å²) in [4.78, 5) is 6.88. The van der Waals surface area contributed by atoms with Crippen LogP contribution in [-0.4, -0.2) is 40.7 Å². The second-order valence-electron chi connectivity index (χ2n) is 5.43. The average Bonchev–Trinajstić information content (AvgIpc) is 2.89. The number of aromatic nitrogens is 2. The SMILES string of the molecule is C[C@@H]1CNCCN1Cc1nc(Cc2cccc(Br)c2)no1.Cl. The molecule has 1 N–H and O–H groups in total. The Hall–Kier alpha value is -0.950. The molecule has 1 aliphatic rings. The minimum absolute atomic E-state index is 0. The Labute approximate surface area is 145 Å². The zero-order valence-electron chi connectivity index (χ0n) is 12.5. The topological polar surface area (TPSA) is 54.2 Å². The van der Waals surface area contributed by atoms with Gasteiger partial charge in [0.25, 0.3) is 0 Å². The lowest BCUT2D eigenvalue weighted by Crippen LogP contribution is -2.49. The first-order chi connectivity index (χ1) is 10.2. The van der Waals surface area contributed by atoms with Gasteiger partial charge in [0, 0.05) is 36.6 Å². The van der Waals surface area contributed by atoms with Crippen LogP contribution in [0.1, 0.15) is 24.2 Å². The first-order valence-corrected chi connectivity index (χ1v) is 8.00. The zero-order chi connectivity index (χ0) is 14.7. The van der Waals surface area contributed by atoms with Crippen molar-refractivity contribution in [2.45, 2.75) is 25.9 Å². The van der Waals surface area contributed by atoms with Crippen LogP contribution in [0.2, 0.25) is 0 Å². The van der Waals surface area contributed by atoms with Crippen molar-refractivity contribution in [2.24, 2.45) is 0 Å². The van der Waals surface area contributed by atoms with E-state index >= 15 is 0 Å². The molecule has 3 rings (SSSR count). The number of hydrogen-bond donors (Lipinski definition) is 1. The van der Waals surface area contributed by atoms with E-state index in [0.717, 1.165) is 36.5 Å². The molecule has 7 heteroatoms. The van der Waals surface area contributed by atoms with Gasteiger partial charge in [-0.05, 0) is 24.6 Å². The highest BCUT2D eigenvalue weighted by molar-refractivity contribution is 9.10. The van der Waals surface area contributed by atoms with Crippen molar-refractivity contribution in [1.82, 2.24) is 20.4 Å². The van der Waals surface area contributed by atoms with E-state index in [1.807, 2.05) is 12.1 Å². The van der Waals surface area contributed by atoms with Crippen molar-refractivity contribution in [3.8, 4) is 0 Å². The highest BCUT2D eigenvalue weighted by atomic mass is 79.9. The number of rotatable bonds is 4. The fourth-order valence-electron chi connectivity index (χ4n) is 2.55. The van der Waals surface area contributed by atoms with Crippen LogP contribution < -0.4 is 5.32 Å². The summed E-state index contributed by atoms with van der Waals surface area (Å²) >= 11 is 3.48. The van der Waals surface area contributed by atoms with Crippen molar-refractivity contribution in [2.75, 3.05) is 19.6 Å². The highest BCUT2D eigenvalue weighted by Crippen LogP contribution is 2.15. The molecule has 0 bridgehead atoms. The van der Waals surface area contributed by atoms with E-state index in [0.29, 0.717) is 18.4 Å². The molecule has 2 heterocycles. The number of nitrogens with zero attached hydrogens (tertiary/aromatic N) is 3. The summed E-state index contributed by atoms with van der Waals surface area (Å²) in [7, 11) is 0. The fraction of sp³-hybridized carbons (Fsp3) is 0.467. The van der Waals surface area contributed by atoms with Gasteiger partial charge < -0.3 is 9.84 Å². The molecule has 0 saturated carbocycles. The lowest BCUT2D eigenvalue weighted by Gasteiger charge is -2.32. The van der Waals surface area contributed by atoms with Gasteiger partial charge in [-0.1, -0.05) is 33.2 Å². The number of hydrogen-bond acceptors (Lipinski definition) is 5. The maximum atomic E-state index is 5.38. The van der Waals surface area contributed by atoms with Crippen LogP contribution in [0.15, 0.2) is 33.3 Å². The second-order valence-corrected chi connectivity index (χ2v) is 6.35. The molecule has 0 radical (unpaired) electrons. The zero-order valence-corrected chi connectivity index (χ0v) is 14.9. The highest BCUT2D eigenvalue weighted by Gasteiger charge is 2.20. The average molecular weight is 388 g/mol. The molecule has 0 spiro atoms. The van der Waals surface area contributed by atoms with Gasteiger partial charge in [0.1, 0.15) is 0 Å². The summed E-state index contributed by atoms with van der Waals surface area (Å²) in [6.07, 6.45) is 0.694. The number of piperazine rings is 1. The Bertz CT molecular complexity index is 607. The normalized spacial score (nSPS) is 18.9. The minimum atomic E-state index is 0. The van der Waals surface area contributed by atoms with Crippen LogP contribution in [0.5, 0.6) is 0 Å². The van der Waals surface area contributed by atoms with Gasteiger partial charge in [0.15, 0.2) is 5.82 Å². The van der Waals surface area contributed by atoms with Crippen molar-refractivity contribution >= 4 is 28.3 Å². The first-order valence-electron chi connectivity index (χ1n) is 7.21. The molecule has 0 aliphatic carbocycles. The van der Waals surface area contributed by atoms with Crippen molar-refractivity contribution in [3.63, 3.8) is 0 Å². The third-order valence-electron chi connectivity index (χ3n) is 3.74. The fourth-order valence-corrected chi connectivity index (χ4v) is 2.99. The van der Waals surface area contributed by atoms with E-state index in [1.165, 1.54) is 5.56 Å². The summed E-state index contributed by atoms with van der Waals surface area (Å²) in [5, 5.41) is 7.47. The van der Waals surface area contributed by atoms with Crippen LogP contribution >= 0.6 is 28.3 Å². The Morgan fingerprint density at radius 3 is 3.09 bits per heavy atom. The van der Waals surface area contributed by atoms with E-state index in [-0.39, 0.29) is 12.4 Å². The molecule has 1 saturated heterocycles. The number of halogens is 2. The lowest BCUT2D eigenvalue weighted by molar-refractivity contribution is 0.146. The van der Waals surface area contributed by atoms with E-state index in [9.17, 15) is 0 Å². The van der Waals surface area contributed by atoms with Gasteiger partial charge >= 0.3 is 0 Å². The molecule has 0 unspecified atom stereocenters. The second kappa shape index (κ2) is 8.06. The summed E-state index contributed by atoms with van der Waals surface area (Å²) < 4.78 is 6.45. The largest absolute Gasteiger partial charge is 0.338 e. The monoisotopic (exact) mass is 386 g/mol. The third kappa shape index (κ3) is 4.52. The van der Waals surface area contributed by atoms with Gasteiger partial charge in [0.2, 0.25) is 5.89 Å². The standard InChI is InChI=1S/C15H19BrN4O.ClH/c1-11-9-17-5-6-20(11)10-15-18-14(19-21-15)8-12-3-2-4-13(16)7-12;/h2-4,7,11,17H,5-6,8-10H2,1H3;1H/t11-;/m1./s1. The molecule has 120 valence electrons. The van der Waals surface area contributed by atoms with E-state index in [4.69, 9.17) is 4.52 Å². The summed E-state index contributed by atoms with van der Waals surface area (Å²) in [6, 6.07) is 8.67. The van der Waals surface area contributed by atoms with Crippen molar-refractivity contribution in [3.05, 3.63) is 46.0 Å². The van der Waals surface area contributed by atoms with Gasteiger partial charge in [-0.15, -0.1) is 12.4 Å². The van der Waals surface area contributed by atoms with Gasteiger partial charge in [-0.2, -0.15) is 4.98 Å². The first kappa shape index (κ1) is 17.4. The number of benzene rings is 1. The molecule has 1 aliphatic heterocycles. The quantitative estimate of drug-likeness (QED) is 0.874. The van der Waals surface area contributed by atoms with Crippen LogP contribution in [-0.2, 0) is 13.0 Å². The van der Waals surface area contributed by atoms with Crippen LogP contribution in [0.25, 0.3) is 0 Å². The molecule has 1 aromatic carbocycles. The minimum Gasteiger partial charge on any atom is -0.338 e. The van der Waals surface area contributed by atoms with Crippen LogP contribution in [0, 0.1) is 0 Å². The third-order valence-corrected chi connectivity index (χ3v) is 4.23. The van der Waals surface area contributed by atoms with Crippen LogP contribution in [0.3, 0.4) is 0 Å². The van der Waals surface area contributed by atoms with Gasteiger partial charge in [-0.25, -0.2) is 0 Å². The Kier molecular flexibility index (Phi) is 6.37. The summed E-state index contributed by atoms with van der Waals surface area (Å²) in [5.74, 6) is 1.44. The molecule has 1 fully saturated rings. The summed E-state index contributed by atoms with van der Waals surface area (Å²) in [6.45, 7) is 5.99. The van der Waals surface area contributed by atoms with Gasteiger partial charge in [-0.3, -0.25) is 4.90 Å². The number of nitrogens with one attached hydrogen (secondary N) is 1. The molecular formula is C15H20BrClN4O. The van der Waals surface area contributed by atoms with E-state index in [1.54, 1.807) is 0 Å². The maximum absolute atomic E-state index is 5.38. The predicted molar refractivity (Wildman–Crippen MR) is 91.2 cm³/mol. The van der Waals surface area contributed by atoms with Crippen molar-refractivity contribution in [1.29, 1.82) is 0 Å². The Morgan fingerprint density at radius 2 is 2.32 bits per heavy atom. The maximum Gasteiger partial charge on any atom is 0.240 e. The van der Waals surface area contributed by atoms with Gasteiger partial charge in [0.05, 0.1) is 6.54 Å².